The molecule has 0 saturated heterocycles. The Morgan fingerprint density at radius 2 is 1.29 bits per heavy atom. The Labute approximate surface area is 114 Å². The van der Waals surface area contributed by atoms with E-state index in [2.05, 4.69) is 26.5 Å². The highest BCUT2D eigenvalue weighted by Gasteiger charge is 2.14. The Kier molecular flexibility index (Phi) is 14.6. The van der Waals surface area contributed by atoms with E-state index in [9.17, 15) is 0 Å². The first kappa shape index (κ1) is 17.3. The van der Waals surface area contributed by atoms with Crippen molar-refractivity contribution in [2.75, 3.05) is 0 Å². The third-order valence-corrected chi connectivity index (χ3v) is 7.38. The van der Waals surface area contributed by atoms with Crippen LogP contribution in [0, 0.1) is 0 Å². The second-order valence-corrected chi connectivity index (χ2v) is 8.89. The van der Waals surface area contributed by atoms with Gasteiger partial charge in [0.1, 0.15) is 0 Å². The molecule has 0 spiro atoms. The van der Waals surface area contributed by atoms with Crippen LogP contribution in [0.1, 0.15) is 71.6 Å². The maximum Gasteiger partial charge on any atom is 0.261 e. The van der Waals surface area contributed by atoms with Gasteiger partial charge in [0.2, 0.25) is 0 Å². The van der Waals surface area contributed by atoms with Crippen LogP contribution in [0.15, 0.2) is 12.7 Å². The Balaban J connectivity index is 3.48. The van der Waals surface area contributed by atoms with Gasteiger partial charge in [-0.1, -0.05) is 80.7 Å². The molecule has 0 aromatic carbocycles. The molecule has 0 N–H and O–H groups in total. The van der Waals surface area contributed by atoms with Gasteiger partial charge < -0.3 is 0 Å². The van der Waals surface area contributed by atoms with Gasteiger partial charge in [0, 0.05) is 0 Å². The van der Waals surface area contributed by atoms with E-state index in [1.54, 1.807) is 15.8 Å². The fraction of sp³-hybridized carbons (Fsp3) is 0.875. The molecule has 100 valence electrons. The van der Waals surface area contributed by atoms with Gasteiger partial charge in [0.05, 0.1) is 0 Å². The summed E-state index contributed by atoms with van der Waals surface area (Å²) in [5, 5.41) is 4.85. The van der Waals surface area contributed by atoms with E-state index < -0.39 is 0 Å². The van der Waals surface area contributed by atoms with E-state index >= 15 is 0 Å². The van der Waals surface area contributed by atoms with Crippen LogP contribution in [0.2, 0.25) is 15.8 Å². The minimum Gasteiger partial charge on any atom is -0.103 e. The summed E-state index contributed by atoms with van der Waals surface area (Å²) in [5.41, 5.74) is 0. The van der Waals surface area contributed by atoms with Gasteiger partial charge in [0.25, 0.3) is 14.1 Å². The largest absolute Gasteiger partial charge is 0.261 e. The van der Waals surface area contributed by atoms with E-state index in [1.165, 1.54) is 57.8 Å². The van der Waals surface area contributed by atoms with E-state index in [0.717, 1.165) is 0 Å². The number of unbranched alkanes of at least 4 members (excludes halogenated alkanes) is 6. The average Bonchev–Trinajstić information content (AvgIpc) is 2.35. The van der Waals surface area contributed by atoms with Crippen LogP contribution in [-0.4, -0.2) is 14.1 Å². The van der Waals surface area contributed by atoms with Crippen LogP contribution in [-0.2, 0) is 0 Å². The number of allylic oxidation sites excluding steroid dienone is 1. The lowest BCUT2D eigenvalue weighted by molar-refractivity contribution is 0.669. The highest BCUT2D eigenvalue weighted by molar-refractivity contribution is 6.58. The molecule has 0 aliphatic carbocycles. The molecule has 0 aromatic rings. The molecule has 0 aromatic heterocycles. The van der Waals surface area contributed by atoms with Crippen molar-refractivity contribution in [2.45, 2.75) is 87.5 Å². The number of hydrogen-bond donors (Lipinski definition) is 0. The van der Waals surface area contributed by atoms with Crippen LogP contribution in [0.5, 0.6) is 0 Å². The maximum atomic E-state index is 3.78. The smallest absolute Gasteiger partial charge is 0.103 e. The Bertz CT molecular complexity index is 146. The first-order valence-electron chi connectivity index (χ1n) is 7.96. The third kappa shape index (κ3) is 12.5. The quantitative estimate of drug-likeness (QED) is 0.207. The Morgan fingerprint density at radius 1 is 0.765 bits per heavy atom. The summed E-state index contributed by atoms with van der Waals surface area (Å²) in [5.74, 6) is 0. The van der Waals surface area contributed by atoms with Crippen molar-refractivity contribution < 1.29 is 0 Å². The fourth-order valence-corrected chi connectivity index (χ4v) is 6.20. The molecule has 0 unspecified atom stereocenters. The summed E-state index contributed by atoms with van der Waals surface area (Å²) in [6.07, 6.45) is 14.8. The van der Waals surface area contributed by atoms with E-state index in [0.29, 0.717) is 0 Å². The summed E-state index contributed by atoms with van der Waals surface area (Å²) < 4.78 is 0. The predicted octanol–water partition coefficient (Wildman–Crippen LogP) is 6.22. The summed E-state index contributed by atoms with van der Waals surface area (Å²) >= 11 is -0.348. The summed E-state index contributed by atoms with van der Waals surface area (Å²) in [6.45, 7) is 8.45. The molecule has 0 bridgehead atoms. The van der Waals surface area contributed by atoms with Crippen molar-refractivity contribution in [3.8, 4) is 0 Å². The zero-order chi connectivity index (χ0) is 12.8. The lowest BCUT2D eigenvalue weighted by Crippen LogP contribution is -2.11. The van der Waals surface area contributed by atoms with Crippen molar-refractivity contribution in [2.24, 2.45) is 0 Å². The van der Waals surface area contributed by atoms with Gasteiger partial charge in [-0.15, -0.1) is 6.58 Å². The molecule has 0 aliphatic heterocycles. The molecule has 0 aliphatic rings. The van der Waals surface area contributed by atoms with Gasteiger partial charge in [-0.3, -0.25) is 0 Å². The van der Waals surface area contributed by atoms with E-state index in [1.807, 2.05) is 0 Å². The molecule has 0 rings (SSSR count). The number of hydrogen-bond acceptors (Lipinski definition) is 0. The van der Waals surface area contributed by atoms with Crippen LogP contribution in [0.25, 0.3) is 0 Å². The second kappa shape index (κ2) is 14.3. The fourth-order valence-electron chi connectivity index (χ4n) is 2.49. The SMILES string of the molecule is C=CCCCCC[CH2][Al]([CH2]CCC)[CH2]CCC. The summed E-state index contributed by atoms with van der Waals surface area (Å²) in [6, 6.07) is 0. The normalized spacial score (nSPS) is 10.5. The number of rotatable bonds is 13. The highest BCUT2D eigenvalue weighted by Crippen LogP contribution is 2.17. The van der Waals surface area contributed by atoms with E-state index in [-0.39, 0.29) is 14.1 Å². The molecule has 0 fully saturated rings. The first-order chi connectivity index (χ1) is 8.35. The molecule has 1 heteroatoms. The van der Waals surface area contributed by atoms with Crippen LogP contribution in [0.3, 0.4) is 0 Å². The zero-order valence-electron chi connectivity index (χ0n) is 12.3. The van der Waals surface area contributed by atoms with Crippen molar-refractivity contribution in [3.63, 3.8) is 0 Å². The molecule has 0 heterocycles. The van der Waals surface area contributed by atoms with Gasteiger partial charge >= 0.3 is 0 Å². The summed E-state index contributed by atoms with van der Waals surface area (Å²) in [7, 11) is 0. The van der Waals surface area contributed by atoms with Crippen LogP contribution in [0.4, 0.5) is 0 Å². The van der Waals surface area contributed by atoms with Gasteiger partial charge in [0.15, 0.2) is 0 Å². The molecular formula is C16H33Al. The molecular weight excluding hydrogens is 219 g/mol. The minimum absolute atomic E-state index is 0.348. The summed E-state index contributed by atoms with van der Waals surface area (Å²) in [4.78, 5) is 0. The zero-order valence-corrected chi connectivity index (χ0v) is 13.5. The van der Waals surface area contributed by atoms with Crippen molar-refractivity contribution in [1.29, 1.82) is 0 Å². The average molecular weight is 252 g/mol. The lowest BCUT2D eigenvalue weighted by Gasteiger charge is -2.10. The van der Waals surface area contributed by atoms with Gasteiger partial charge in [-0.25, -0.2) is 0 Å². The van der Waals surface area contributed by atoms with Crippen molar-refractivity contribution in [3.05, 3.63) is 12.7 Å². The topological polar surface area (TPSA) is 0 Å². The standard InChI is InChI=1S/C8H15.2C4H9.Al/c1-3-5-7-8-6-4-2;2*1-3-4-2;/h3H,1-2,4-8H2;2*1,3-4H2,2H3;. The van der Waals surface area contributed by atoms with Crippen molar-refractivity contribution in [1.82, 2.24) is 0 Å². The van der Waals surface area contributed by atoms with Crippen LogP contribution >= 0.6 is 0 Å². The molecule has 0 saturated carbocycles. The predicted molar refractivity (Wildman–Crippen MR) is 83.3 cm³/mol. The molecule has 17 heavy (non-hydrogen) atoms. The lowest BCUT2D eigenvalue weighted by atomic mass is 10.1. The Hall–Kier alpha value is 0.272. The molecule has 0 atom stereocenters. The minimum atomic E-state index is -0.348. The maximum absolute atomic E-state index is 3.78. The van der Waals surface area contributed by atoms with Gasteiger partial charge in [-0.05, 0) is 12.8 Å². The Morgan fingerprint density at radius 3 is 1.82 bits per heavy atom. The molecule has 0 nitrogen and oxygen atoms in total. The van der Waals surface area contributed by atoms with Crippen LogP contribution < -0.4 is 0 Å². The monoisotopic (exact) mass is 252 g/mol. The molecule has 0 amide bonds. The second-order valence-electron chi connectivity index (χ2n) is 5.43. The first-order valence-corrected chi connectivity index (χ1v) is 10.4. The van der Waals surface area contributed by atoms with Gasteiger partial charge in [-0.2, -0.15) is 0 Å². The van der Waals surface area contributed by atoms with E-state index in [4.69, 9.17) is 0 Å². The highest BCUT2D eigenvalue weighted by atomic mass is 27.2. The van der Waals surface area contributed by atoms with Crippen molar-refractivity contribution >= 4 is 14.1 Å². The molecule has 0 radical (unpaired) electrons. The third-order valence-electron chi connectivity index (χ3n) is 3.70.